The number of primary sulfonamides is 1. The zero-order valence-corrected chi connectivity index (χ0v) is 10.1. The highest BCUT2D eigenvalue weighted by molar-refractivity contribution is 7.89. The van der Waals surface area contributed by atoms with Gasteiger partial charge in [0.2, 0.25) is 10.0 Å². The quantitative estimate of drug-likeness (QED) is 0.672. The maximum atomic E-state index is 10.6. The minimum absolute atomic E-state index is 0.0793. The molecule has 0 aliphatic carbocycles. The van der Waals surface area contributed by atoms with Gasteiger partial charge in [0.05, 0.1) is 5.75 Å². The monoisotopic (exact) mass is 264 g/mol. The Balaban J connectivity index is 2.49. The summed E-state index contributed by atoms with van der Waals surface area (Å²) in [6, 6.07) is 4.80. The first-order chi connectivity index (χ1) is 7.40. The number of nitrogens with one attached hydrogen (secondary N) is 1. The Morgan fingerprint density at radius 1 is 1.44 bits per heavy atom. The summed E-state index contributed by atoms with van der Waals surface area (Å²) in [6.45, 7) is 0.504. The number of hydrogen-bond donors (Lipinski definition) is 3. The normalized spacial score (nSPS) is 11.6. The minimum Gasteiger partial charge on any atom is -0.508 e. The number of sulfonamides is 1. The van der Waals surface area contributed by atoms with Gasteiger partial charge in [-0.2, -0.15) is 0 Å². The van der Waals surface area contributed by atoms with Gasteiger partial charge in [-0.3, -0.25) is 0 Å². The summed E-state index contributed by atoms with van der Waals surface area (Å²) in [4.78, 5) is 0. The molecule has 0 spiro atoms. The van der Waals surface area contributed by atoms with E-state index in [-0.39, 0.29) is 18.0 Å². The minimum atomic E-state index is -3.46. The molecule has 90 valence electrons. The van der Waals surface area contributed by atoms with Crippen molar-refractivity contribution in [2.24, 2.45) is 5.14 Å². The number of hydrogen-bond acceptors (Lipinski definition) is 4. The van der Waals surface area contributed by atoms with E-state index in [0.29, 0.717) is 17.1 Å². The molecule has 0 amide bonds. The Labute approximate surface area is 99.3 Å². The van der Waals surface area contributed by atoms with Gasteiger partial charge < -0.3 is 10.4 Å². The lowest BCUT2D eigenvalue weighted by molar-refractivity contribution is 0.465. The summed E-state index contributed by atoms with van der Waals surface area (Å²) >= 11 is 5.86. The molecule has 7 heteroatoms. The van der Waals surface area contributed by atoms with Crippen molar-refractivity contribution in [2.75, 3.05) is 12.3 Å². The third-order valence-corrected chi connectivity index (χ3v) is 3.09. The lowest BCUT2D eigenvalue weighted by Crippen LogP contribution is -2.26. The fourth-order valence-corrected chi connectivity index (χ4v) is 1.82. The van der Waals surface area contributed by atoms with Gasteiger partial charge in [0, 0.05) is 23.7 Å². The van der Waals surface area contributed by atoms with E-state index < -0.39 is 10.0 Å². The molecule has 0 atom stereocenters. The Morgan fingerprint density at radius 3 is 2.69 bits per heavy atom. The largest absolute Gasteiger partial charge is 0.508 e. The van der Waals surface area contributed by atoms with Crippen LogP contribution >= 0.6 is 11.6 Å². The van der Waals surface area contributed by atoms with Crippen molar-refractivity contribution >= 4 is 21.6 Å². The molecule has 0 saturated carbocycles. The highest BCUT2D eigenvalue weighted by Gasteiger charge is 2.06. The van der Waals surface area contributed by atoms with Crippen molar-refractivity contribution in [3.63, 3.8) is 0 Å². The molecule has 5 nitrogen and oxygen atoms in total. The van der Waals surface area contributed by atoms with Gasteiger partial charge in [-0.15, -0.1) is 0 Å². The standard InChI is InChI=1S/C9H13ClN2O3S/c10-8-2-1-3-9(13)7(8)6-12-4-5-16(11,14)15/h1-3,12-13H,4-6H2,(H2,11,14,15). The zero-order valence-electron chi connectivity index (χ0n) is 8.48. The highest BCUT2D eigenvalue weighted by Crippen LogP contribution is 2.24. The average Bonchev–Trinajstić information content (AvgIpc) is 2.14. The summed E-state index contributed by atoms with van der Waals surface area (Å²) in [5.41, 5.74) is 0.540. The van der Waals surface area contributed by atoms with Crippen LogP contribution < -0.4 is 10.5 Å². The third-order valence-electron chi connectivity index (χ3n) is 1.96. The first kappa shape index (κ1) is 13.2. The number of phenolic OH excluding ortho intramolecular Hbond substituents is 1. The van der Waals surface area contributed by atoms with Crippen LogP contribution in [0.2, 0.25) is 5.02 Å². The van der Waals surface area contributed by atoms with E-state index in [0.717, 1.165) is 0 Å². The molecule has 1 rings (SSSR count). The Morgan fingerprint density at radius 2 is 2.12 bits per heavy atom. The number of phenols is 1. The molecule has 0 aliphatic rings. The van der Waals surface area contributed by atoms with Gasteiger partial charge in [0.1, 0.15) is 5.75 Å². The van der Waals surface area contributed by atoms with E-state index in [2.05, 4.69) is 5.32 Å². The lowest BCUT2D eigenvalue weighted by atomic mass is 10.2. The lowest BCUT2D eigenvalue weighted by Gasteiger charge is -2.07. The van der Waals surface area contributed by atoms with Gasteiger partial charge in [0.15, 0.2) is 0 Å². The molecule has 0 aliphatic heterocycles. The average molecular weight is 265 g/mol. The fourth-order valence-electron chi connectivity index (χ4n) is 1.15. The van der Waals surface area contributed by atoms with Gasteiger partial charge in [-0.05, 0) is 12.1 Å². The SMILES string of the molecule is NS(=O)(=O)CCNCc1c(O)cccc1Cl. The van der Waals surface area contributed by atoms with E-state index in [9.17, 15) is 13.5 Å². The number of aromatic hydroxyl groups is 1. The molecular weight excluding hydrogens is 252 g/mol. The molecule has 0 radical (unpaired) electrons. The summed E-state index contributed by atoms with van der Waals surface area (Å²) in [7, 11) is -3.46. The first-order valence-electron chi connectivity index (χ1n) is 4.57. The predicted octanol–water partition coefficient (Wildman–Crippen LogP) is 0.424. The topological polar surface area (TPSA) is 92.4 Å². The Bertz CT molecular complexity index is 442. The van der Waals surface area contributed by atoms with Gasteiger partial charge >= 0.3 is 0 Å². The molecule has 0 aromatic heterocycles. The van der Waals surface area contributed by atoms with Crippen molar-refractivity contribution in [3.8, 4) is 5.75 Å². The van der Waals surface area contributed by atoms with Crippen LogP contribution in [0.5, 0.6) is 5.75 Å². The molecule has 0 saturated heterocycles. The Kier molecular flexibility index (Phi) is 4.55. The van der Waals surface area contributed by atoms with Crippen LogP contribution in [0, 0.1) is 0 Å². The number of rotatable bonds is 5. The van der Waals surface area contributed by atoms with Crippen molar-refractivity contribution in [2.45, 2.75) is 6.54 Å². The van der Waals surface area contributed by atoms with Crippen LogP contribution in [0.3, 0.4) is 0 Å². The van der Waals surface area contributed by atoms with Gasteiger partial charge in [-0.1, -0.05) is 17.7 Å². The van der Waals surface area contributed by atoms with E-state index in [1.54, 1.807) is 12.1 Å². The number of nitrogens with two attached hydrogens (primary N) is 1. The number of halogens is 1. The van der Waals surface area contributed by atoms with E-state index >= 15 is 0 Å². The maximum absolute atomic E-state index is 10.6. The van der Waals surface area contributed by atoms with Crippen LogP contribution in [0.15, 0.2) is 18.2 Å². The summed E-state index contributed by atoms with van der Waals surface area (Å²) < 4.78 is 21.3. The van der Waals surface area contributed by atoms with Crippen LogP contribution in [-0.2, 0) is 16.6 Å². The molecule has 0 fully saturated rings. The first-order valence-corrected chi connectivity index (χ1v) is 6.67. The van der Waals surface area contributed by atoms with Crippen molar-refractivity contribution < 1.29 is 13.5 Å². The van der Waals surface area contributed by atoms with Crippen LogP contribution in [0.1, 0.15) is 5.56 Å². The van der Waals surface area contributed by atoms with Crippen molar-refractivity contribution in [1.82, 2.24) is 5.32 Å². The molecule has 0 heterocycles. The summed E-state index contributed by atoms with van der Waals surface area (Å²) in [6.07, 6.45) is 0. The molecular formula is C9H13ClN2O3S. The van der Waals surface area contributed by atoms with E-state index in [4.69, 9.17) is 16.7 Å². The van der Waals surface area contributed by atoms with Crippen LogP contribution in [0.25, 0.3) is 0 Å². The molecule has 1 aromatic carbocycles. The summed E-state index contributed by atoms with van der Waals surface area (Å²) in [5.74, 6) is -0.0753. The fraction of sp³-hybridized carbons (Fsp3) is 0.333. The molecule has 1 aromatic rings. The van der Waals surface area contributed by atoms with Gasteiger partial charge in [-0.25, -0.2) is 13.6 Å². The molecule has 0 unspecified atom stereocenters. The van der Waals surface area contributed by atoms with Crippen molar-refractivity contribution in [3.05, 3.63) is 28.8 Å². The molecule has 4 N–H and O–H groups in total. The van der Waals surface area contributed by atoms with Gasteiger partial charge in [0.25, 0.3) is 0 Å². The zero-order chi connectivity index (χ0) is 12.2. The predicted molar refractivity (Wildman–Crippen MR) is 62.8 cm³/mol. The van der Waals surface area contributed by atoms with E-state index in [1.807, 2.05) is 0 Å². The number of benzene rings is 1. The second-order valence-corrected chi connectivity index (χ2v) is 5.42. The second-order valence-electron chi connectivity index (χ2n) is 3.28. The maximum Gasteiger partial charge on any atom is 0.210 e. The third kappa shape index (κ3) is 4.36. The smallest absolute Gasteiger partial charge is 0.210 e. The summed E-state index contributed by atoms with van der Waals surface area (Å²) in [5, 5.41) is 17.6. The molecule has 16 heavy (non-hydrogen) atoms. The molecule has 0 bridgehead atoms. The van der Waals surface area contributed by atoms with Crippen LogP contribution in [-0.4, -0.2) is 25.8 Å². The van der Waals surface area contributed by atoms with Crippen molar-refractivity contribution in [1.29, 1.82) is 0 Å². The Hall–Kier alpha value is -0.820. The second kappa shape index (κ2) is 5.49. The highest BCUT2D eigenvalue weighted by atomic mass is 35.5. The van der Waals surface area contributed by atoms with Crippen LogP contribution in [0.4, 0.5) is 0 Å². The van der Waals surface area contributed by atoms with E-state index in [1.165, 1.54) is 6.07 Å².